The van der Waals surface area contributed by atoms with Gasteiger partial charge in [-0.1, -0.05) is 36.1 Å². The largest absolute Gasteiger partial charge is 0.355 e. The standard InChI is InChI=1S/C22H22N4O4S2/c1-2-8-26-20(28)16(32-21(26)31)14-15-18(23-17-5-3-4-9-25(17)19(15)27)24-10-6-22(7-11-24)29-12-13-30-22/h2-5,9,14H,1,6-8,10-13H2/b16-14+. The Morgan fingerprint density at radius 2 is 1.97 bits per heavy atom. The van der Waals surface area contributed by atoms with E-state index in [0.717, 1.165) is 0 Å². The van der Waals surface area contributed by atoms with Gasteiger partial charge in [0.15, 0.2) is 5.79 Å². The lowest BCUT2D eigenvalue weighted by atomic mass is 10.0. The summed E-state index contributed by atoms with van der Waals surface area (Å²) in [6.45, 7) is 6.49. The molecule has 1 amide bonds. The molecule has 0 bridgehead atoms. The molecule has 2 aromatic heterocycles. The van der Waals surface area contributed by atoms with E-state index in [1.54, 1.807) is 30.5 Å². The topological polar surface area (TPSA) is 76.4 Å². The molecular formula is C22H22N4O4S2. The molecule has 3 saturated heterocycles. The fraction of sp³-hybridized carbons (Fsp3) is 0.364. The summed E-state index contributed by atoms with van der Waals surface area (Å²) in [4.78, 5) is 35.1. The normalized spacial score (nSPS) is 21.9. The number of pyridine rings is 1. The summed E-state index contributed by atoms with van der Waals surface area (Å²) in [6.07, 6.45) is 6.30. The lowest BCUT2D eigenvalue weighted by Gasteiger charge is -2.38. The molecule has 3 fully saturated rings. The van der Waals surface area contributed by atoms with Crippen molar-refractivity contribution >= 4 is 51.7 Å². The first-order chi connectivity index (χ1) is 15.5. The summed E-state index contributed by atoms with van der Waals surface area (Å²) in [7, 11) is 0. The molecule has 5 rings (SSSR count). The molecule has 0 radical (unpaired) electrons. The minimum Gasteiger partial charge on any atom is -0.355 e. The van der Waals surface area contributed by atoms with Crippen LogP contribution in [0.4, 0.5) is 5.82 Å². The van der Waals surface area contributed by atoms with E-state index < -0.39 is 5.79 Å². The molecule has 0 saturated carbocycles. The van der Waals surface area contributed by atoms with E-state index in [9.17, 15) is 9.59 Å². The van der Waals surface area contributed by atoms with Gasteiger partial charge in [-0.05, 0) is 18.2 Å². The van der Waals surface area contributed by atoms with Crippen LogP contribution in [0.25, 0.3) is 11.7 Å². The fourth-order valence-corrected chi connectivity index (χ4v) is 5.48. The van der Waals surface area contributed by atoms with Gasteiger partial charge in [-0.3, -0.25) is 18.9 Å². The molecule has 3 aliphatic rings. The summed E-state index contributed by atoms with van der Waals surface area (Å²) in [5, 5.41) is 0. The van der Waals surface area contributed by atoms with E-state index in [1.807, 2.05) is 6.07 Å². The van der Waals surface area contributed by atoms with E-state index >= 15 is 0 Å². The third kappa shape index (κ3) is 3.66. The van der Waals surface area contributed by atoms with Gasteiger partial charge in [-0.25, -0.2) is 4.98 Å². The van der Waals surface area contributed by atoms with Crippen LogP contribution in [0.1, 0.15) is 18.4 Å². The highest BCUT2D eigenvalue weighted by Gasteiger charge is 2.40. The summed E-state index contributed by atoms with van der Waals surface area (Å²) < 4.78 is 13.6. The Labute approximate surface area is 194 Å². The molecule has 0 atom stereocenters. The van der Waals surface area contributed by atoms with E-state index in [1.165, 1.54) is 21.1 Å². The number of rotatable bonds is 4. The van der Waals surface area contributed by atoms with Crippen molar-refractivity contribution in [2.24, 2.45) is 0 Å². The SMILES string of the molecule is C=CCN1C(=O)/C(=C\c2c(N3CCC4(CC3)OCCO4)nc3ccccn3c2=O)SC1=S. The average molecular weight is 471 g/mol. The number of hydrogen-bond acceptors (Lipinski definition) is 8. The van der Waals surface area contributed by atoms with Crippen molar-refractivity contribution in [1.29, 1.82) is 0 Å². The van der Waals surface area contributed by atoms with Crippen LogP contribution in [0.2, 0.25) is 0 Å². The Morgan fingerprint density at radius 3 is 2.69 bits per heavy atom. The Balaban J connectivity index is 1.57. The number of carbonyl (C=O) groups excluding carboxylic acids is 1. The number of hydrogen-bond donors (Lipinski definition) is 0. The van der Waals surface area contributed by atoms with Crippen LogP contribution in [0.5, 0.6) is 0 Å². The molecule has 166 valence electrons. The number of amides is 1. The van der Waals surface area contributed by atoms with Crippen molar-refractivity contribution in [3.05, 3.63) is 57.9 Å². The Bertz CT molecular complexity index is 1190. The summed E-state index contributed by atoms with van der Waals surface area (Å²) in [5.41, 5.74) is 0.697. The first kappa shape index (κ1) is 21.3. The molecule has 2 aromatic rings. The molecule has 10 heteroatoms. The molecule has 8 nitrogen and oxygen atoms in total. The van der Waals surface area contributed by atoms with Crippen LogP contribution in [0.15, 0.2) is 46.8 Å². The van der Waals surface area contributed by atoms with Gasteiger partial charge in [0.05, 0.1) is 23.7 Å². The number of nitrogens with zero attached hydrogens (tertiary/aromatic N) is 4. The number of thiocarbonyl (C=S) groups is 1. The van der Waals surface area contributed by atoms with Crippen molar-refractivity contribution in [2.75, 3.05) is 37.7 Å². The smallest absolute Gasteiger partial charge is 0.267 e. The third-order valence-corrected chi connectivity index (χ3v) is 7.23. The van der Waals surface area contributed by atoms with Crippen LogP contribution >= 0.6 is 24.0 Å². The molecule has 0 unspecified atom stereocenters. The van der Waals surface area contributed by atoms with Gasteiger partial charge in [-0.15, -0.1) is 6.58 Å². The van der Waals surface area contributed by atoms with Crippen LogP contribution in [-0.4, -0.2) is 63.1 Å². The lowest BCUT2D eigenvalue weighted by molar-refractivity contribution is -0.169. The molecule has 32 heavy (non-hydrogen) atoms. The highest BCUT2D eigenvalue weighted by atomic mass is 32.2. The van der Waals surface area contributed by atoms with E-state index in [4.69, 9.17) is 26.7 Å². The quantitative estimate of drug-likeness (QED) is 0.383. The minimum absolute atomic E-state index is 0.228. The summed E-state index contributed by atoms with van der Waals surface area (Å²) in [6, 6.07) is 5.42. The predicted molar refractivity (Wildman–Crippen MR) is 128 cm³/mol. The van der Waals surface area contributed by atoms with Crippen LogP contribution in [-0.2, 0) is 14.3 Å². The van der Waals surface area contributed by atoms with Crippen molar-refractivity contribution < 1.29 is 14.3 Å². The Hall–Kier alpha value is -2.53. The van der Waals surface area contributed by atoms with E-state index in [-0.39, 0.29) is 11.5 Å². The lowest BCUT2D eigenvalue weighted by Crippen LogP contribution is -2.46. The number of piperidine rings is 1. The zero-order chi connectivity index (χ0) is 22.3. The zero-order valence-electron chi connectivity index (χ0n) is 17.4. The predicted octanol–water partition coefficient (Wildman–Crippen LogP) is 2.43. The van der Waals surface area contributed by atoms with Crippen LogP contribution < -0.4 is 10.5 Å². The molecule has 5 heterocycles. The summed E-state index contributed by atoms with van der Waals surface area (Å²) >= 11 is 6.53. The number of fused-ring (bicyclic) bond motifs is 1. The Kier molecular flexibility index (Phi) is 5.62. The first-order valence-corrected chi connectivity index (χ1v) is 11.6. The van der Waals surface area contributed by atoms with Gasteiger partial charge in [-0.2, -0.15) is 0 Å². The Morgan fingerprint density at radius 1 is 1.22 bits per heavy atom. The fourth-order valence-electron chi connectivity index (χ4n) is 4.22. The molecule has 1 spiro atoms. The monoisotopic (exact) mass is 470 g/mol. The second-order valence-corrected chi connectivity index (χ2v) is 9.43. The van der Waals surface area contributed by atoms with Gasteiger partial charge in [0.2, 0.25) is 0 Å². The second kappa shape index (κ2) is 8.43. The highest BCUT2D eigenvalue weighted by Crippen LogP contribution is 2.36. The molecule has 3 aliphatic heterocycles. The second-order valence-electron chi connectivity index (χ2n) is 7.76. The van der Waals surface area contributed by atoms with Crippen molar-refractivity contribution in [3.8, 4) is 0 Å². The molecule has 0 aliphatic carbocycles. The van der Waals surface area contributed by atoms with Crippen molar-refractivity contribution in [1.82, 2.24) is 14.3 Å². The van der Waals surface area contributed by atoms with Crippen LogP contribution in [0, 0.1) is 0 Å². The number of ether oxygens (including phenoxy) is 2. The van der Waals surface area contributed by atoms with Gasteiger partial charge < -0.3 is 14.4 Å². The molecule has 0 aromatic carbocycles. The third-order valence-electron chi connectivity index (χ3n) is 5.85. The maximum atomic E-state index is 13.4. The van der Waals surface area contributed by atoms with Crippen LogP contribution in [0.3, 0.4) is 0 Å². The number of thioether (sulfide) groups is 1. The average Bonchev–Trinajstić information content (AvgIpc) is 3.36. The minimum atomic E-state index is -0.532. The maximum absolute atomic E-state index is 13.4. The first-order valence-electron chi connectivity index (χ1n) is 10.4. The van der Waals surface area contributed by atoms with Gasteiger partial charge in [0.25, 0.3) is 11.5 Å². The van der Waals surface area contributed by atoms with Gasteiger partial charge >= 0.3 is 0 Å². The number of anilines is 1. The molecule has 0 N–H and O–H groups in total. The molecular weight excluding hydrogens is 448 g/mol. The van der Waals surface area contributed by atoms with E-state index in [0.29, 0.717) is 71.9 Å². The highest BCUT2D eigenvalue weighted by molar-refractivity contribution is 8.26. The van der Waals surface area contributed by atoms with E-state index in [2.05, 4.69) is 11.5 Å². The zero-order valence-corrected chi connectivity index (χ0v) is 19.0. The van der Waals surface area contributed by atoms with Gasteiger partial charge in [0, 0.05) is 38.7 Å². The number of aromatic nitrogens is 2. The maximum Gasteiger partial charge on any atom is 0.267 e. The summed E-state index contributed by atoms with van der Waals surface area (Å²) in [5.74, 6) is -0.202. The van der Waals surface area contributed by atoms with Gasteiger partial charge in [0.1, 0.15) is 15.8 Å². The number of carbonyl (C=O) groups is 1. The van der Waals surface area contributed by atoms with Crippen molar-refractivity contribution in [3.63, 3.8) is 0 Å². The van der Waals surface area contributed by atoms with Crippen molar-refractivity contribution in [2.45, 2.75) is 18.6 Å².